The summed E-state index contributed by atoms with van der Waals surface area (Å²) >= 11 is 0. The maximum Gasteiger partial charge on any atom is 0.227 e. The van der Waals surface area contributed by atoms with Gasteiger partial charge in [-0.25, -0.2) is 0 Å². The average Bonchev–Trinajstić information content (AvgIpc) is 3.09. The molecule has 0 saturated carbocycles. The molecule has 1 heterocycles. The minimum absolute atomic E-state index is 0.0146. The summed E-state index contributed by atoms with van der Waals surface area (Å²) < 4.78 is 0. The second-order valence-corrected chi connectivity index (χ2v) is 5.06. The summed E-state index contributed by atoms with van der Waals surface area (Å²) in [5, 5.41) is 11.1. The lowest BCUT2D eigenvalue weighted by Gasteiger charge is -2.16. The number of nitrogens with zero attached hydrogens (tertiary/aromatic N) is 1. The van der Waals surface area contributed by atoms with Crippen LogP contribution in [0.4, 0.5) is 0 Å². The molecule has 0 bridgehead atoms. The first-order chi connectivity index (χ1) is 9.24. The summed E-state index contributed by atoms with van der Waals surface area (Å²) in [7, 11) is 0. The number of amides is 1. The van der Waals surface area contributed by atoms with E-state index < -0.39 is 0 Å². The number of hydrogen-bond donors (Lipinski definition) is 2. The fourth-order valence-corrected chi connectivity index (χ4v) is 2.49. The monoisotopic (exact) mass is 255 g/mol. The number of hydrogen-bond acceptors (Lipinski definition) is 2. The Morgan fingerprint density at radius 1 is 1.53 bits per heavy atom. The van der Waals surface area contributed by atoms with Crippen molar-refractivity contribution in [2.24, 2.45) is 5.92 Å². The van der Waals surface area contributed by atoms with Crippen molar-refractivity contribution < 1.29 is 4.79 Å². The van der Waals surface area contributed by atoms with Crippen molar-refractivity contribution in [2.75, 3.05) is 0 Å². The smallest absolute Gasteiger partial charge is 0.227 e. The predicted molar refractivity (Wildman–Crippen MR) is 74.5 cm³/mol. The predicted octanol–water partition coefficient (Wildman–Crippen LogP) is 2.71. The topological polar surface area (TPSA) is 57.8 Å². The van der Waals surface area contributed by atoms with Gasteiger partial charge in [0.25, 0.3) is 0 Å². The summed E-state index contributed by atoms with van der Waals surface area (Å²) in [6.45, 7) is 2.01. The number of H-pyrrole nitrogens is 1. The van der Waals surface area contributed by atoms with Gasteiger partial charge in [-0.05, 0) is 37.5 Å². The number of nitrogens with one attached hydrogen (secondary N) is 2. The first kappa shape index (κ1) is 12.0. The molecule has 2 unspecified atom stereocenters. The quantitative estimate of drug-likeness (QED) is 0.828. The van der Waals surface area contributed by atoms with Crippen molar-refractivity contribution >= 4 is 16.8 Å². The van der Waals surface area contributed by atoms with E-state index in [1.54, 1.807) is 6.20 Å². The molecule has 1 amide bonds. The van der Waals surface area contributed by atoms with Gasteiger partial charge in [0.05, 0.1) is 23.7 Å². The highest BCUT2D eigenvalue weighted by molar-refractivity contribution is 5.82. The lowest BCUT2D eigenvalue weighted by molar-refractivity contribution is -0.124. The van der Waals surface area contributed by atoms with Crippen LogP contribution in [0.3, 0.4) is 0 Å². The lowest BCUT2D eigenvalue weighted by Crippen LogP contribution is -2.31. The Bertz CT molecular complexity index is 629. The molecule has 98 valence electrons. The Kier molecular flexibility index (Phi) is 3.07. The van der Waals surface area contributed by atoms with E-state index >= 15 is 0 Å². The molecule has 2 N–H and O–H groups in total. The molecule has 0 spiro atoms. The molecule has 2 atom stereocenters. The Labute approximate surface area is 111 Å². The zero-order valence-corrected chi connectivity index (χ0v) is 10.9. The van der Waals surface area contributed by atoms with Crippen LogP contribution in [-0.4, -0.2) is 16.1 Å². The van der Waals surface area contributed by atoms with Crippen LogP contribution in [-0.2, 0) is 4.79 Å². The van der Waals surface area contributed by atoms with E-state index in [1.807, 2.05) is 25.1 Å². The summed E-state index contributed by atoms with van der Waals surface area (Å²) in [5.74, 6) is 0.161. The number of benzene rings is 1. The molecule has 1 aliphatic carbocycles. The van der Waals surface area contributed by atoms with Gasteiger partial charge < -0.3 is 5.32 Å². The summed E-state index contributed by atoms with van der Waals surface area (Å²) in [5.41, 5.74) is 2.12. The van der Waals surface area contributed by atoms with Crippen LogP contribution >= 0.6 is 0 Å². The second-order valence-electron chi connectivity index (χ2n) is 5.06. The van der Waals surface area contributed by atoms with E-state index in [0.29, 0.717) is 0 Å². The maximum absolute atomic E-state index is 12.1. The SMILES string of the molecule is CC(NC(=O)C1C=CCC1)c1ccc2[nH]ncc2c1. The molecule has 4 nitrogen and oxygen atoms in total. The normalized spacial score (nSPS) is 19.7. The van der Waals surface area contributed by atoms with Crippen LogP contribution in [0.15, 0.2) is 36.5 Å². The number of aromatic amines is 1. The van der Waals surface area contributed by atoms with Crippen LogP contribution in [0.5, 0.6) is 0 Å². The standard InChI is InChI=1S/C15H17N3O/c1-10(17-15(19)11-4-2-3-5-11)12-6-7-14-13(8-12)9-16-18-14/h2,4,6-11H,3,5H2,1H3,(H,16,18)(H,17,19). The molecule has 1 aromatic heterocycles. The van der Waals surface area contributed by atoms with Gasteiger partial charge in [0, 0.05) is 5.39 Å². The number of rotatable bonds is 3. The Morgan fingerprint density at radius 3 is 3.21 bits per heavy atom. The van der Waals surface area contributed by atoms with E-state index in [0.717, 1.165) is 29.3 Å². The zero-order valence-electron chi connectivity index (χ0n) is 10.9. The fourth-order valence-electron chi connectivity index (χ4n) is 2.49. The summed E-state index contributed by atoms with van der Waals surface area (Å²) in [6.07, 6.45) is 7.81. The molecule has 0 aliphatic heterocycles. The Balaban J connectivity index is 1.73. The average molecular weight is 255 g/mol. The van der Waals surface area contributed by atoms with Gasteiger partial charge >= 0.3 is 0 Å². The molecule has 0 fully saturated rings. The van der Waals surface area contributed by atoms with Gasteiger partial charge in [-0.15, -0.1) is 0 Å². The largest absolute Gasteiger partial charge is 0.349 e. The Morgan fingerprint density at radius 2 is 2.42 bits per heavy atom. The van der Waals surface area contributed by atoms with Crippen molar-refractivity contribution in [3.8, 4) is 0 Å². The third-order valence-electron chi connectivity index (χ3n) is 3.67. The molecule has 1 aromatic carbocycles. The van der Waals surface area contributed by atoms with Crippen molar-refractivity contribution in [3.05, 3.63) is 42.1 Å². The van der Waals surface area contributed by atoms with E-state index in [1.165, 1.54) is 0 Å². The van der Waals surface area contributed by atoms with Crippen LogP contribution < -0.4 is 5.32 Å². The highest BCUT2D eigenvalue weighted by Crippen LogP contribution is 2.21. The van der Waals surface area contributed by atoms with Crippen LogP contribution in [0, 0.1) is 5.92 Å². The number of aromatic nitrogens is 2. The minimum Gasteiger partial charge on any atom is -0.349 e. The number of carbonyl (C=O) groups is 1. The van der Waals surface area contributed by atoms with Crippen molar-refractivity contribution in [3.63, 3.8) is 0 Å². The van der Waals surface area contributed by atoms with E-state index in [9.17, 15) is 4.79 Å². The number of fused-ring (bicyclic) bond motifs is 1. The van der Waals surface area contributed by atoms with Crippen molar-refractivity contribution in [2.45, 2.75) is 25.8 Å². The van der Waals surface area contributed by atoms with E-state index in [2.05, 4.69) is 27.7 Å². The van der Waals surface area contributed by atoms with Gasteiger partial charge in [0.1, 0.15) is 0 Å². The zero-order chi connectivity index (χ0) is 13.2. The molecule has 0 radical (unpaired) electrons. The molecular formula is C15H17N3O. The van der Waals surface area contributed by atoms with Crippen LogP contribution in [0.25, 0.3) is 10.9 Å². The second kappa shape index (κ2) is 4.88. The number of carbonyl (C=O) groups excluding carboxylic acids is 1. The third-order valence-corrected chi connectivity index (χ3v) is 3.67. The van der Waals surface area contributed by atoms with Gasteiger partial charge in [-0.3, -0.25) is 9.89 Å². The molecule has 1 aliphatic rings. The first-order valence-corrected chi connectivity index (χ1v) is 6.64. The molecule has 3 rings (SSSR count). The fraction of sp³-hybridized carbons (Fsp3) is 0.333. The lowest BCUT2D eigenvalue weighted by atomic mass is 10.0. The Hall–Kier alpha value is -2.10. The van der Waals surface area contributed by atoms with Gasteiger partial charge in [-0.2, -0.15) is 5.10 Å². The highest BCUT2D eigenvalue weighted by atomic mass is 16.1. The van der Waals surface area contributed by atoms with Crippen LogP contribution in [0.1, 0.15) is 31.4 Å². The van der Waals surface area contributed by atoms with E-state index in [4.69, 9.17) is 0 Å². The molecule has 2 aromatic rings. The summed E-state index contributed by atoms with van der Waals surface area (Å²) in [6, 6.07) is 6.10. The maximum atomic E-state index is 12.1. The number of allylic oxidation sites excluding steroid dienone is 1. The van der Waals surface area contributed by atoms with Crippen LogP contribution in [0.2, 0.25) is 0 Å². The molecule has 4 heteroatoms. The highest BCUT2D eigenvalue weighted by Gasteiger charge is 2.20. The minimum atomic E-state index is 0.0146. The molecular weight excluding hydrogens is 238 g/mol. The summed E-state index contributed by atoms with van der Waals surface area (Å²) in [4.78, 5) is 12.1. The van der Waals surface area contributed by atoms with E-state index in [-0.39, 0.29) is 17.9 Å². The molecule has 19 heavy (non-hydrogen) atoms. The van der Waals surface area contributed by atoms with Gasteiger partial charge in [0.2, 0.25) is 5.91 Å². The van der Waals surface area contributed by atoms with Crippen molar-refractivity contribution in [1.82, 2.24) is 15.5 Å². The van der Waals surface area contributed by atoms with Gasteiger partial charge in [-0.1, -0.05) is 18.2 Å². The van der Waals surface area contributed by atoms with Gasteiger partial charge in [0.15, 0.2) is 0 Å². The third kappa shape index (κ3) is 2.38. The first-order valence-electron chi connectivity index (χ1n) is 6.64. The van der Waals surface area contributed by atoms with Crippen molar-refractivity contribution in [1.29, 1.82) is 0 Å². The molecule has 0 saturated heterocycles.